The smallest absolute Gasteiger partial charge is 0.261 e. The molecule has 1 fully saturated rings. The number of sulfonamides is 1. The lowest BCUT2D eigenvalue weighted by atomic mass is 10.1. The Hall–Kier alpha value is -3.17. The van der Waals surface area contributed by atoms with Crippen molar-refractivity contribution in [2.75, 3.05) is 35.8 Å². The Morgan fingerprint density at radius 2 is 1.68 bits per heavy atom. The highest BCUT2D eigenvalue weighted by Crippen LogP contribution is 2.22. The maximum Gasteiger partial charge on any atom is 0.261 e. The first-order valence-electron chi connectivity index (χ1n) is 9.89. The van der Waals surface area contributed by atoms with Crippen LogP contribution in [0.15, 0.2) is 71.8 Å². The van der Waals surface area contributed by atoms with Gasteiger partial charge in [0.25, 0.3) is 10.0 Å². The lowest BCUT2D eigenvalue weighted by Crippen LogP contribution is -2.46. The van der Waals surface area contributed by atoms with Gasteiger partial charge in [-0.3, -0.25) is 9.62 Å². The fourth-order valence-corrected chi connectivity index (χ4v) is 4.53. The predicted octanol–water partition coefficient (Wildman–Crippen LogP) is 3.05. The van der Waals surface area contributed by atoms with E-state index < -0.39 is 15.8 Å². The highest BCUT2D eigenvalue weighted by atomic mass is 32.2. The molecule has 31 heavy (non-hydrogen) atoms. The van der Waals surface area contributed by atoms with Crippen LogP contribution in [0.1, 0.15) is 5.56 Å². The molecule has 0 bridgehead atoms. The minimum Gasteiger partial charge on any atom is -0.508 e. The van der Waals surface area contributed by atoms with E-state index in [9.17, 15) is 17.9 Å². The number of aromatic nitrogens is 1. The largest absolute Gasteiger partial charge is 0.508 e. The Bertz CT molecular complexity index is 1130. The van der Waals surface area contributed by atoms with Crippen molar-refractivity contribution in [3.05, 3.63) is 78.2 Å². The van der Waals surface area contributed by atoms with E-state index in [0.29, 0.717) is 18.0 Å². The molecule has 1 saturated heterocycles. The van der Waals surface area contributed by atoms with E-state index in [2.05, 4.69) is 19.5 Å². The second kappa shape index (κ2) is 8.91. The van der Waals surface area contributed by atoms with Crippen molar-refractivity contribution in [1.82, 2.24) is 9.88 Å². The van der Waals surface area contributed by atoms with Crippen LogP contribution in [0.25, 0.3) is 0 Å². The van der Waals surface area contributed by atoms with Crippen LogP contribution in [0.5, 0.6) is 5.75 Å². The summed E-state index contributed by atoms with van der Waals surface area (Å²) in [6.45, 7) is 3.91. The minimum absolute atomic E-state index is 0.0152. The second-order valence-corrected chi connectivity index (χ2v) is 9.04. The van der Waals surface area contributed by atoms with Crippen LogP contribution < -0.4 is 9.62 Å². The number of piperazine rings is 1. The van der Waals surface area contributed by atoms with Gasteiger partial charge in [-0.2, -0.15) is 0 Å². The fraction of sp³-hybridized carbons (Fsp3) is 0.227. The molecular formula is C22H23FN4O3S. The minimum atomic E-state index is -3.81. The van der Waals surface area contributed by atoms with Gasteiger partial charge in [0.1, 0.15) is 17.4 Å². The molecule has 1 aliphatic heterocycles. The Morgan fingerprint density at radius 1 is 0.968 bits per heavy atom. The third-order valence-electron chi connectivity index (χ3n) is 5.21. The quantitative estimate of drug-likeness (QED) is 0.610. The summed E-state index contributed by atoms with van der Waals surface area (Å²) >= 11 is 0. The summed E-state index contributed by atoms with van der Waals surface area (Å²) in [6, 6.07) is 15.4. The molecule has 7 nitrogen and oxygen atoms in total. The van der Waals surface area contributed by atoms with Crippen LogP contribution >= 0.6 is 0 Å². The number of nitrogens with one attached hydrogen (secondary N) is 1. The number of para-hydroxylation sites is 1. The van der Waals surface area contributed by atoms with Crippen LogP contribution in [0.4, 0.5) is 15.9 Å². The van der Waals surface area contributed by atoms with Gasteiger partial charge in [-0.25, -0.2) is 17.8 Å². The number of pyridine rings is 1. The Morgan fingerprint density at radius 3 is 2.32 bits per heavy atom. The maximum absolute atomic E-state index is 13.0. The van der Waals surface area contributed by atoms with Gasteiger partial charge in [0.15, 0.2) is 0 Å². The van der Waals surface area contributed by atoms with Crippen molar-refractivity contribution in [1.29, 1.82) is 0 Å². The maximum atomic E-state index is 13.0. The summed E-state index contributed by atoms with van der Waals surface area (Å²) in [5.74, 6) is 0.586. The SMILES string of the molecule is O=S(=O)(Nc1ccc(N2CCN(Cc3ccccc3O)CC2)nc1)c1ccc(F)cc1. The third kappa shape index (κ3) is 5.12. The molecule has 2 N–H and O–H groups in total. The highest BCUT2D eigenvalue weighted by molar-refractivity contribution is 7.92. The van der Waals surface area contributed by atoms with E-state index >= 15 is 0 Å². The van der Waals surface area contributed by atoms with Crippen LogP contribution in [-0.2, 0) is 16.6 Å². The van der Waals surface area contributed by atoms with Gasteiger partial charge < -0.3 is 10.0 Å². The van der Waals surface area contributed by atoms with E-state index in [1.54, 1.807) is 18.2 Å². The number of benzene rings is 2. The summed E-state index contributed by atoms with van der Waals surface area (Å²) in [4.78, 5) is 8.80. The molecule has 0 unspecified atom stereocenters. The molecule has 0 saturated carbocycles. The highest BCUT2D eigenvalue weighted by Gasteiger charge is 2.19. The van der Waals surface area contributed by atoms with Crippen molar-refractivity contribution in [3.8, 4) is 5.75 Å². The predicted molar refractivity (Wildman–Crippen MR) is 117 cm³/mol. The topological polar surface area (TPSA) is 85.8 Å². The standard InChI is InChI=1S/C22H23FN4O3S/c23-18-5-8-20(9-6-18)31(29,30)25-19-7-10-22(24-15-19)27-13-11-26(12-14-27)16-17-3-1-2-4-21(17)28/h1-10,15,25,28H,11-14,16H2. The van der Waals surface area contributed by atoms with Crippen LogP contribution in [0.3, 0.4) is 0 Å². The first kappa shape index (κ1) is 21.1. The molecular weight excluding hydrogens is 419 g/mol. The molecule has 2 aromatic carbocycles. The molecule has 0 amide bonds. The van der Waals surface area contributed by atoms with Gasteiger partial charge >= 0.3 is 0 Å². The zero-order valence-corrected chi connectivity index (χ0v) is 17.6. The molecule has 162 valence electrons. The second-order valence-electron chi connectivity index (χ2n) is 7.36. The first-order chi connectivity index (χ1) is 14.9. The third-order valence-corrected chi connectivity index (χ3v) is 6.60. The average molecular weight is 443 g/mol. The number of phenolic OH excluding ortho intramolecular Hbond substituents is 1. The molecule has 4 rings (SSSR count). The summed E-state index contributed by atoms with van der Waals surface area (Å²) < 4.78 is 40.3. The zero-order valence-electron chi connectivity index (χ0n) is 16.8. The van der Waals surface area contributed by atoms with Gasteiger partial charge in [0.2, 0.25) is 0 Å². The molecule has 0 atom stereocenters. The van der Waals surface area contributed by atoms with Crippen molar-refractivity contribution in [2.45, 2.75) is 11.4 Å². The lowest BCUT2D eigenvalue weighted by molar-refractivity contribution is 0.246. The van der Waals surface area contributed by atoms with Gasteiger partial charge in [-0.05, 0) is 42.5 Å². The van der Waals surface area contributed by atoms with Crippen LogP contribution in [0.2, 0.25) is 0 Å². The summed E-state index contributed by atoms with van der Waals surface area (Å²) in [6.07, 6.45) is 1.48. The average Bonchev–Trinajstić information content (AvgIpc) is 2.77. The molecule has 3 aromatic rings. The number of hydrogen-bond donors (Lipinski definition) is 2. The Labute approximate surface area is 180 Å². The van der Waals surface area contributed by atoms with Crippen LogP contribution in [-0.4, -0.2) is 49.6 Å². The summed E-state index contributed by atoms with van der Waals surface area (Å²) in [5, 5.41) is 9.95. The molecule has 0 aliphatic carbocycles. The number of halogens is 1. The van der Waals surface area contributed by atoms with Gasteiger partial charge in [0.05, 0.1) is 16.8 Å². The number of phenols is 1. The van der Waals surface area contributed by atoms with Crippen LogP contribution in [0, 0.1) is 5.82 Å². The molecule has 1 aromatic heterocycles. The summed E-state index contributed by atoms with van der Waals surface area (Å²) in [5.41, 5.74) is 1.25. The van der Waals surface area contributed by atoms with Crippen molar-refractivity contribution in [3.63, 3.8) is 0 Å². The van der Waals surface area contributed by atoms with Crippen molar-refractivity contribution in [2.24, 2.45) is 0 Å². The first-order valence-corrected chi connectivity index (χ1v) is 11.4. The fourth-order valence-electron chi connectivity index (χ4n) is 3.48. The number of hydrogen-bond acceptors (Lipinski definition) is 6. The van der Waals surface area contributed by atoms with Crippen molar-refractivity contribution < 1.29 is 17.9 Å². The van der Waals surface area contributed by atoms with E-state index in [1.165, 1.54) is 18.3 Å². The molecule has 0 radical (unpaired) electrons. The van der Waals surface area contributed by atoms with Gasteiger partial charge in [0, 0.05) is 38.3 Å². The molecule has 0 spiro atoms. The van der Waals surface area contributed by atoms with E-state index in [0.717, 1.165) is 49.7 Å². The summed E-state index contributed by atoms with van der Waals surface area (Å²) in [7, 11) is -3.81. The Balaban J connectivity index is 1.34. The molecule has 2 heterocycles. The van der Waals surface area contributed by atoms with E-state index in [1.807, 2.05) is 18.2 Å². The van der Waals surface area contributed by atoms with Crippen molar-refractivity contribution >= 4 is 21.5 Å². The van der Waals surface area contributed by atoms with E-state index in [4.69, 9.17) is 0 Å². The molecule has 1 aliphatic rings. The number of aromatic hydroxyl groups is 1. The number of nitrogens with zero attached hydrogens (tertiary/aromatic N) is 3. The normalized spacial score (nSPS) is 15.1. The van der Waals surface area contributed by atoms with Gasteiger partial charge in [-0.15, -0.1) is 0 Å². The van der Waals surface area contributed by atoms with E-state index in [-0.39, 0.29) is 4.90 Å². The monoisotopic (exact) mass is 442 g/mol. The zero-order chi connectivity index (χ0) is 21.8. The molecule has 9 heteroatoms. The number of anilines is 2. The Kier molecular flexibility index (Phi) is 6.06. The number of rotatable bonds is 6. The lowest BCUT2D eigenvalue weighted by Gasteiger charge is -2.35. The van der Waals surface area contributed by atoms with Gasteiger partial charge in [-0.1, -0.05) is 18.2 Å².